The molecular weight excluding hydrogens is 346 g/mol. The number of pyridine rings is 1. The number of nitrogens with zero attached hydrogens (tertiary/aromatic N) is 2. The Morgan fingerprint density at radius 1 is 1.37 bits per heavy atom. The number of furan rings is 1. The minimum Gasteiger partial charge on any atom is -0.494 e. The largest absolute Gasteiger partial charge is 0.494 e. The Morgan fingerprint density at radius 3 is 2.93 bits per heavy atom. The maximum Gasteiger partial charge on any atom is 0.253 e. The molecule has 1 atom stereocenters. The number of nitrogens with one attached hydrogen (secondary N) is 1. The van der Waals surface area contributed by atoms with Crippen LogP contribution in [-0.2, 0) is 4.79 Å². The summed E-state index contributed by atoms with van der Waals surface area (Å²) in [5.74, 6) is 1.07. The van der Waals surface area contributed by atoms with Gasteiger partial charge in [0.25, 0.3) is 5.56 Å². The van der Waals surface area contributed by atoms with Gasteiger partial charge in [0, 0.05) is 25.0 Å². The van der Waals surface area contributed by atoms with Gasteiger partial charge in [-0.05, 0) is 42.6 Å². The van der Waals surface area contributed by atoms with Crippen molar-refractivity contribution < 1.29 is 13.9 Å². The predicted octanol–water partition coefficient (Wildman–Crippen LogP) is 3.22. The Hall–Kier alpha value is -3.35. The minimum absolute atomic E-state index is 0.229. The molecule has 0 aliphatic carbocycles. The summed E-state index contributed by atoms with van der Waals surface area (Å²) in [6.45, 7) is 3.89. The Kier molecular flexibility index (Phi) is 4.27. The number of benzene rings is 1. The van der Waals surface area contributed by atoms with Gasteiger partial charge in [-0.15, -0.1) is 0 Å². The van der Waals surface area contributed by atoms with Crippen molar-refractivity contribution >= 4 is 22.5 Å². The predicted molar refractivity (Wildman–Crippen MR) is 101 cm³/mol. The van der Waals surface area contributed by atoms with Crippen LogP contribution in [-0.4, -0.2) is 28.2 Å². The van der Waals surface area contributed by atoms with E-state index < -0.39 is 6.04 Å². The normalized spacial score (nSPS) is 16.6. The average Bonchev–Trinajstić information content (AvgIpc) is 3.31. The van der Waals surface area contributed by atoms with Crippen molar-refractivity contribution in [3.05, 3.63) is 64.3 Å². The zero-order valence-corrected chi connectivity index (χ0v) is 15.1. The zero-order chi connectivity index (χ0) is 19.0. The van der Waals surface area contributed by atoms with E-state index in [0.717, 1.165) is 5.39 Å². The van der Waals surface area contributed by atoms with Crippen molar-refractivity contribution in [2.45, 2.75) is 26.3 Å². The first-order chi connectivity index (χ1) is 13.1. The SMILES string of the molecule is CCOc1ccc2cc(C3CC(c4ccco4)=NN3C(C)=O)c(=O)[nH]c2c1. The third-order valence-corrected chi connectivity index (χ3v) is 4.55. The summed E-state index contributed by atoms with van der Waals surface area (Å²) in [5, 5.41) is 6.60. The van der Waals surface area contributed by atoms with Crippen molar-refractivity contribution in [3.8, 4) is 5.75 Å². The maximum atomic E-state index is 12.7. The molecule has 1 unspecified atom stereocenters. The second kappa shape index (κ2) is 6.75. The van der Waals surface area contributed by atoms with Crippen LogP contribution in [0.1, 0.15) is 37.6 Å². The molecule has 138 valence electrons. The van der Waals surface area contributed by atoms with Crippen molar-refractivity contribution in [3.63, 3.8) is 0 Å². The number of amides is 1. The van der Waals surface area contributed by atoms with Gasteiger partial charge in [0.05, 0.1) is 24.4 Å². The van der Waals surface area contributed by atoms with Gasteiger partial charge in [-0.25, -0.2) is 5.01 Å². The van der Waals surface area contributed by atoms with Crippen LogP contribution in [0.5, 0.6) is 5.75 Å². The standard InChI is InChI=1S/C20H19N3O4/c1-3-26-14-7-6-13-9-15(20(25)21-16(13)10-14)18-11-17(19-5-4-8-27-19)22-23(18)12(2)24/h4-10,18H,3,11H2,1-2H3,(H,21,25). The molecule has 1 aromatic carbocycles. The van der Waals surface area contributed by atoms with Crippen LogP contribution in [0.2, 0.25) is 0 Å². The van der Waals surface area contributed by atoms with E-state index in [1.54, 1.807) is 24.5 Å². The second-order valence-corrected chi connectivity index (χ2v) is 6.34. The molecule has 0 saturated carbocycles. The van der Waals surface area contributed by atoms with E-state index >= 15 is 0 Å². The third kappa shape index (κ3) is 3.12. The second-order valence-electron chi connectivity index (χ2n) is 6.34. The molecule has 4 rings (SSSR count). The van der Waals surface area contributed by atoms with Gasteiger partial charge in [0.15, 0.2) is 0 Å². The van der Waals surface area contributed by atoms with Gasteiger partial charge in [-0.3, -0.25) is 9.59 Å². The number of hydrazone groups is 1. The zero-order valence-electron chi connectivity index (χ0n) is 15.1. The molecule has 1 N–H and O–H groups in total. The van der Waals surface area contributed by atoms with Crippen LogP contribution >= 0.6 is 0 Å². The fraction of sp³-hybridized carbons (Fsp3) is 0.250. The highest BCUT2D eigenvalue weighted by Crippen LogP contribution is 2.32. The van der Waals surface area contributed by atoms with E-state index in [0.29, 0.717) is 41.3 Å². The summed E-state index contributed by atoms with van der Waals surface area (Å²) in [6.07, 6.45) is 1.97. The lowest BCUT2D eigenvalue weighted by Crippen LogP contribution is -2.29. The summed E-state index contributed by atoms with van der Waals surface area (Å²) in [4.78, 5) is 27.7. The number of rotatable bonds is 4. The number of hydrogen-bond donors (Lipinski definition) is 1. The lowest BCUT2D eigenvalue weighted by molar-refractivity contribution is -0.130. The van der Waals surface area contributed by atoms with E-state index in [1.807, 2.05) is 25.1 Å². The van der Waals surface area contributed by atoms with E-state index in [9.17, 15) is 9.59 Å². The van der Waals surface area contributed by atoms with Crippen LogP contribution in [0.3, 0.4) is 0 Å². The topological polar surface area (TPSA) is 87.9 Å². The van der Waals surface area contributed by atoms with Crippen molar-refractivity contribution in [2.24, 2.45) is 5.10 Å². The van der Waals surface area contributed by atoms with Gasteiger partial charge >= 0.3 is 0 Å². The highest BCUT2D eigenvalue weighted by Gasteiger charge is 2.34. The molecule has 3 aromatic rings. The molecule has 3 heterocycles. The van der Waals surface area contributed by atoms with E-state index in [-0.39, 0.29) is 11.5 Å². The molecule has 0 fully saturated rings. The first-order valence-electron chi connectivity index (χ1n) is 8.77. The van der Waals surface area contributed by atoms with Crippen molar-refractivity contribution in [2.75, 3.05) is 6.61 Å². The third-order valence-electron chi connectivity index (χ3n) is 4.55. The van der Waals surface area contributed by atoms with Gasteiger partial charge in [-0.1, -0.05) is 0 Å². The molecular formula is C20H19N3O4. The summed E-state index contributed by atoms with van der Waals surface area (Å²) in [5.41, 5.74) is 1.58. The summed E-state index contributed by atoms with van der Waals surface area (Å²) >= 11 is 0. The maximum absolute atomic E-state index is 12.7. The van der Waals surface area contributed by atoms with Gasteiger partial charge in [-0.2, -0.15) is 5.10 Å². The highest BCUT2D eigenvalue weighted by atomic mass is 16.5. The molecule has 27 heavy (non-hydrogen) atoms. The molecule has 7 nitrogen and oxygen atoms in total. The molecule has 1 aliphatic heterocycles. The number of aromatic nitrogens is 1. The Balaban J connectivity index is 1.74. The van der Waals surface area contributed by atoms with Gasteiger partial charge < -0.3 is 14.1 Å². The smallest absolute Gasteiger partial charge is 0.253 e. The fourth-order valence-corrected chi connectivity index (χ4v) is 3.34. The number of fused-ring (bicyclic) bond motifs is 1. The van der Waals surface area contributed by atoms with Crippen LogP contribution in [0.25, 0.3) is 10.9 Å². The van der Waals surface area contributed by atoms with Gasteiger partial charge in [0.1, 0.15) is 17.2 Å². The lowest BCUT2D eigenvalue weighted by Gasteiger charge is -2.20. The highest BCUT2D eigenvalue weighted by molar-refractivity contribution is 6.01. The minimum atomic E-state index is -0.470. The molecule has 0 radical (unpaired) electrons. The van der Waals surface area contributed by atoms with Crippen LogP contribution < -0.4 is 10.3 Å². The number of ether oxygens (including phenoxy) is 1. The average molecular weight is 365 g/mol. The van der Waals surface area contributed by atoms with E-state index in [2.05, 4.69) is 10.1 Å². The van der Waals surface area contributed by atoms with Gasteiger partial charge in [0.2, 0.25) is 5.91 Å². The molecule has 7 heteroatoms. The fourth-order valence-electron chi connectivity index (χ4n) is 3.34. The monoisotopic (exact) mass is 365 g/mol. The first kappa shape index (κ1) is 17.1. The number of aromatic amines is 1. The molecule has 1 amide bonds. The number of carbonyl (C=O) groups is 1. The van der Waals surface area contributed by atoms with Crippen LogP contribution in [0.4, 0.5) is 0 Å². The van der Waals surface area contributed by atoms with Crippen molar-refractivity contribution in [1.82, 2.24) is 9.99 Å². The first-order valence-corrected chi connectivity index (χ1v) is 8.77. The summed E-state index contributed by atoms with van der Waals surface area (Å²) < 4.78 is 10.9. The van der Waals surface area contributed by atoms with Crippen molar-refractivity contribution in [1.29, 1.82) is 0 Å². The summed E-state index contributed by atoms with van der Waals surface area (Å²) in [7, 11) is 0. The van der Waals surface area contributed by atoms with E-state index in [4.69, 9.17) is 9.15 Å². The van der Waals surface area contributed by atoms with E-state index in [1.165, 1.54) is 11.9 Å². The Bertz CT molecular complexity index is 1080. The summed E-state index contributed by atoms with van der Waals surface area (Å²) in [6, 6.07) is 10.4. The van der Waals surface area contributed by atoms with Crippen LogP contribution in [0, 0.1) is 0 Å². The quantitative estimate of drug-likeness (QED) is 0.769. The van der Waals surface area contributed by atoms with Crippen LogP contribution in [0.15, 0.2) is 57.0 Å². The number of hydrogen-bond acceptors (Lipinski definition) is 5. The number of carbonyl (C=O) groups excluding carboxylic acids is 1. The Morgan fingerprint density at radius 2 is 2.22 bits per heavy atom. The molecule has 0 spiro atoms. The molecule has 1 aliphatic rings. The molecule has 0 saturated heterocycles. The Labute approximate surface area is 155 Å². The lowest BCUT2D eigenvalue weighted by atomic mass is 10.0. The molecule has 2 aromatic heterocycles. The molecule has 0 bridgehead atoms. The number of H-pyrrole nitrogens is 1.